The number of nitrogens with zero attached hydrogens (tertiary/aromatic N) is 2. The molecule has 4 aliphatic rings. The van der Waals surface area contributed by atoms with Crippen molar-refractivity contribution in [1.29, 1.82) is 0 Å². The molecule has 2 aliphatic heterocycles. The van der Waals surface area contributed by atoms with Crippen LogP contribution in [0.25, 0.3) is 10.8 Å². The standard InChI is InChI=1S/C46H57F6N3O12S/c1-25-11-9-10-12-27-21-44(27,39(59)54-68(61,62)43(7)15-16-43)22-34(56)33-19-29(24-55(33)38(58)31(26(2)17-25)20-36(57)66-41(3,4)45(47,48)49)64-37-30-14-13-28(63-8)18-32(30)35(23-53-37)65-40(60)67-42(5,6)46(50,51)52/h10,12-14,18,23,25-27,29,31,33H,9,11,15-17,19-22,24H2,1-8H3,(H,54,59)/b12-10-/t25-,26-,27-,29-,31+,33+,44-/m1/s1. The molecule has 3 heterocycles. The normalized spacial score (nSPS) is 27.4. The topological polar surface area (TPSA) is 194 Å². The number of amides is 2. The molecule has 2 aliphatic carbocycles. The third kappa shape index (κ3) is 11.0. The van der Waals surface area contributed by atoms with Gasteiger partial charge in [-0.2, -0.15) is 26.3 Å². The van der Waals surface area contributed by atoms with E-state index < -0.39 is 116 Å². The summed E-state index contributed by atoms with van der Waals surface area (Å²) in [7, 11) is -2.80. The van der Waals surface area contributed by atoms with Gasteiger partial charge in [0.25, 0.3) is 0 Å². The van der Waals surface area contributed by atoms with E-state index >= 15 is 0 Å². The van der Waals surface area contributed by atoms with Gasteiger partial charge in [-0.15, -0.1) is 0 Å². The minimum Gasteiger partial charge on any atom is -0.497 e. The molecule has 15 nitrogen and oxygen atoms in total. The number of aromatic nitrogens is 1. The summed E-state index contributed by atoms with van der Waals surface area (Å²) in [5.74, 6) is -6.40. The summed E-state index contributed by atoms with van der Waals surface area (Å²) in [6, 6.07) is 2.96. The van der Waals surface area contributed by atoms with Gasteiger partial charge in [-0.25, -0.2) is 18.2 Å². The van der Waals surface area contributed by atoms with E-state index in [1.54, 1.807) is 13.0 Å². The molecule has 0 spiro atoms. The van der Waals surface area contributed by atoms with Crippen LogP contribution in [0.2, 0.25) is 0 Å². The zero-order valence-electron chi connectivity index (χ0n) is 39.0. The fraction of sp³-hybridized carbons (Fsp3) is 0.652. The summed E-state index contributed by atoms with van der Waals surface area (Å²) in [5, 5.41) is 0.202. The fourth-order valence-electron chi connectivity index (χ4n) is 8.66. The highest BCUT2D eigenvalue weighted by Gasteiger charge is 2.63. The lowest BCUT2D eigenvalue weighted by Gasteiger charge is -2.33. The molecule has 22 heteroatoms. The van der Waals surface area contributed by atoms with Crippen LogP contribution in [-0.2, 0) is 38.7 Å². The Balaban J connectivity index is 1.36. The largest absolute Gasteiger partial charge is 0.514 e. The van der Waals surface area contributed by atoms with Crippen molar-refractivity contribution in [3.05, 3.63) is 36.5 Å². The number of carbonyl (C=O) groups is 5. The minimum absolute atomic E-state index is 0.0650. The molecule has 376 valence electrons. The molecule has 2 aromatic rings. The number of benzene rings is 1. The number of carbonyl (C=O) groups excluding carboxylic acids is 5. The second-order valence-corrected chi connectivity index (χ2v) is 22.1. The summed E-state index contributed by atoms with van der Waals surface area (Å²) in [6.07, 6.45) is -7.33. The predicted molar refractivity (Wildman–Crippen MR) is 231 cm³/mol. The zero-order valence-corrected chi connectivity index (χ0v) is 39.8. The first-order valence-electron chi connectivity index (χ1n) is 22.3. The highest BCUT2D eigenvalue weighted by molar-refractivity contribution is 7.91. The number of rotatable bonds is 11. The summed E-state index contributed by atoms with van der Waals surface area (Å²) in [5.41, 5.74) is -7.33. The van der Waals surface area contributed by atoms with Crippen LogP contribution < -0.4 is 18.9 Å². The maximum atomic E-state index is 15.0. The van der Waals surface area contributed by atoms with E-state index in [1.807, 2.05) is 13.0 Å². The van der Waals surface area contributed by atoms with Crippen molar-refractivity contribution >= 4 is 50.5 Å². The summed E-state index contributed by atoms with van der Waals surface area (Å²) in [4.78, 5) is 75.3. The van der Waals surface area contributed by atoms with Gasteiger partial charge in [0, 0.05) is 23.6 Å². The molecule has 2 saturated carbocycles. The molecule has 1 aromatic carbocycles. The van der Waals surface area contributed by atoms with E-state index in [9.17, 15) is 58.7 Å². The van der Waals surface area contributed by atoms with Crippen LogP contribution in [-0.4, -0.2) is 102 Å². The number of fused-ring (bicyclic) bond motifs is 3. The number of pyridine rings is 1. The van der Waals surface area contributed by atoms with Crippen LogP contribution in [0.1, 0.15) is 106 Å². The van der Waals surface area contributed by atoms with Crippen molar-refractivity contribution in [2.45, 2.75) is 147 Å². The van der Waals surface area contributed by atoms with Gasteiger partial charge < -0.3 is 28.6 Å². The third-order valence-electron chi connectivity index (χ3n) is 13.7. The first-order valence-corrected chi connectivity index (χ1v) is 23.8. The predicted octanol–water partition coefficient (Wildman–Crippen LogP) is 8.31. The van der Waals surface area contributed by atoms with Crippen LogP contribution in [0, 0.1) is 29.1 Å². The Hall–Kier alpha value is -5.15. The number of Topliss-reactive ketones (excluding diaryl/α,β-unsaturated/α-hetero) is 1. The number of halogens is 6. The Kier molecular flexibility index (Phi) is 14.3. The lowest BCUT2D eigenvalue weighted by molar-refractivity contribution is -0.257. The van der Waals surface area contributed by atoms with Gasteiger partial charge >= 0.3 is 24.5 Å². The summed E-state index contributed by atoms with van der Waals surface area (Å²) >= 11 is 0. The number of allylic oxidation sites excluding steroid dienone is 2. The quantitative estimate of drug-likeness (QED) is 0.128. The Morgan fingerprint density at radius 1 is 0.941 bits per heavy atom. The van der Waals surface area contributed by atoms with Gasteiger partial charge in [-0.1, -0.05) is 26.0 Å². The van der Waals surface area contributed by atoms with E-state index in [2.05, 4.69) is 14.4 Å². The number of methoxy groups -OCH3 is 1. The average molecular weight is 990 g/mol. The number of alkyl halides is 6. The molecule has 1 aromatic heterocycles. The first-order chi connectivity index (χ1) is 31.3. The number of hydrogen-bond acceptors (Lipinski definition) is 13. The van der Waals surface area contributed by atoms with Gasteiger partial charge in [-0.3, -0.25) is 23.9 Å². The molecule has 0 bridgehead atoms. The van der Waals surface area contributed by atoms with Crippen LogP contribution in [0.4, 0.5) is 31.1 Å². The van der Waals surface area contributed by atoms with E-state index in [-0.39, 0.29) is 53.5 Å². The van der Waals surface area contributed by atoms with Crippen LogP contribution in [0.15, 0.2) is 36.5 Å². The Morgan fingerprint density at radius 2 is 1.59 bits per heavy atom. The lowest BCUT2D eigenvalue weighted by Crippen LogP contribution is -2.48. The first kappa shape index (κ1) is 52.2. The summed E-state index contributed by atoms with van der Waals surface area (Å²) < 4.78 is 136. The van der Waals surface area contributed by atoms with Crippen LogP contribution >= 0.6 is 0 Å². The van der Waals surface area contributed by atoms with E-state index in [1.165, 1.54) is 37.1 Å². The second kappa shape index (κ2) is 18.6. The van der Waals surface area contributed by atoms with Gasteiger partial charge in [-0.05, 0) is 109 Å². The maximum Gasteiger partial charge on any atom is 0.514 e. The van der Waals surface area contributed by atoms with Crippen molar-refractivity contribution < 1.29 is 82.4 Å². The monoisotopic (exact) mass is 989 g/mol. The second-order valence-electron chi connectivity index (χ2n) is 19.9. The van der Waals surface area contributed by atoms with Gasteiger partial charge in [0.1, 0.15) is 11.9 Å². The molecule has 1 saturated heterocycles. The molecule has 7 atom stereocenters. The number of esters is 1. The Bertz CT molecular complexity index is 2450. The molecular formula is C46H57F6N3O12S. The van der Waals surface area contributed by atoms with E-state index in [0.29, 0.717) is 59.8 Å². The highest BCUT2D eigenvalue weighted by Crippen LogP contribution is 2.58. The average Bonchev–Trinajstić information content (AvgIpc) is 4.10. The zero-order chi connectivity index (χ0) is 50.6. The number of ketones is 1. The molecule has 0 unspecified atom stereocenters. The highest BCUT2D eigenvalue weighted by atomic mass is 32.2. The van der Waals surface area contributed by atoms with E-state index in [4.69, 9.17) is 18.9 Å². The van der Waals surface area contributed by atoms with Crippen LogP contribution in [0.5, 0.6) is 17.4 Å². The SMILES string of the molecule is COc1ccc2c(O[C@@H]3C[C@H]4C(=O)C[C@]5(C(=O)NS(=O)(=O)C6(C)CC6)C[C@H]5/C=C\CC[C@@H](C)C[C@@H](C)[C@H](CC(=O)OC(C)(C)C(F)(F)F)C(=O)N4C3)ncc(OC(=O)OC(C)(C)C(F)(F)F)c2c1. The summed E-state index contributed by atoms with van der Waals surface area (Å²) in [6.45, 7) is 7.38. The van der Waals surface area contributed by atoms with E-state index in [0.717, 1.165) is 6.20 Å². The molecule has 2 amide bonds. The Morgan fingerprint density at radius 3 is 2.21 bits per heavy atom. The fourth-order valence-corrected chi connectivity index (χ4v) is 9.99. The number of nitrogens with one attached hydrogen (secondary N) is 1. The Labute approximate surface area is 390 Å². The van der Waals surface area contributed by atoms with Gasteiger partial charge in [0.2, 0.25) is 38.9 Å². The van der Waals surface area contributed by atoms with Crippen molar-refractivity contribution in [3.8, 4) is 17.4 Å². The van der Waals surface area contributed by atoms with Crippen molar-refractivity contribution in [1.82, 2.24) is 14.6 Å². The number of ether oxygens (including phenoxy) is 5. The van der Waals surface area contributed by atoms with Crippen molar-refractivity contribution in [2.24, 2.45) is 29.1 Å². The molecule has 0 radical (unpaired) electrons. The smallest absolute Gasteiger partial charge is 0.497 e. The maximum absolute atomic E-state index is 15.0. The van der Waals surface area contributed by atoms with Crippen molar-refractivity contribution in [3.63, 3.8) is 0 Å². The lowest BCUT2D eigenvalue weighted by atomic mass is 9.82. The molecule has 68 heavy (non-hydrogen) atoms. The third-order valence-corrected chi connectivity index (χ3v) is 15.9. The minimum atomic E-state index is -4.95. The van der Waals surface area contributed by atoms with Gasteiger partial charge in [0.15, 0.2) is 11.5 Å². The molecule has 3 fully saturated rings. The molecule has 6 rings (SSSR count). The van der Waals surface area contributed by atoms with Gasteiger partial charge in [0.05, 0.1) is 48.4 Å². The molecular weight excluding hydrogens is 933 g/mol. The van der Waals surface area contributed by atoms with Crippen molar-refractivity contribution in [2.75, 3.05) is 13.7 Å². The molecule has 1 N–H and O–H groups in total. The number of hydrogen-bond donors (Lipinski definition) is 1. The number of sulfonamides is 1. The van der Waals surface area contributed by atoms with Crippen LogP contribution in [0.3, 0.4) is 0 Å².